The molecule has 0 saturated heterocycles. The molecule has 66 valence electrons. The summed E-state index contributed by atoms with van der Waals surface area (Å²) in [7, 11) is 0. The van der Waals surface area contributed by atoms with Gasteiger partial charge in [-0.15, -0.1) is 5.73 Å². The molecule has 0 N–H and O–H groups in total. The normalized spacial score (nSPS) is 13.9. The highest BCUT2D eigenvalue weighted by Gasteiger charge is 2.00. The van der Waals surface area contributed by atoms with Crippen molar-refractivity contribution in [2.24, 2.45) is 0 Å². The summed E-state index contributed by atoms with van der Waals surface area (Å²) >= 11 is 0. The Balaban J connectivity index is 3.21. The molecule has 0 aromatic heterocycles. The fourth-order valence-electron chi connectivity index (χ4n) is 1.15. The Labute approximate surface area is 70.8 Å². The van der Waals surface area contributed by atoms with Crippen LogP contribution in [0.2, 0.25) is 0 Å². The maximum Gasteiger partial charge on any atom is 0.0405 e. The van der Waals surface area contributed by atoms with Crippen molar-refractivity contribution in [1.82, 2.24) is 10.6 Å². The molecule has 0 aliphatic rings. The van der Waals surface area contributed by atoms with Crippen LogP contribution >= 0.6 is 0 Å². The van der Waals surface area contributed by atoms with Gasteiger partial charge in [0, 0.05) is 6.04 Å². The molecule has 0 aromatic rings. The first-order valence-electron chi connectivity index (χ1n) is 4.61. The molecule has 0 fully saturated rings. The van der Waals surface area contributed by atoms with E-state index in [1.807, 2.05) is 6.92 Å². The molecule has 1 unspecified atom stereocenters. The third-order valence-electron chi connectivity index (χ3n) is 1.99. The minimum Gasteiger partial charge on any atom is -0.304 e. The predicted octanol–water partition coefficient (Wildman–Crippen LogP) is 1.57. The third kappa shape index (κ3) is 6.32. The largest absolute Gasteiger partial charge is 0.304 e. The zero-order valence-corrected chi connectivity index (χ0v) is 8.01. The van der Waals surface area contributed by atoms with Gasteiger partial charge in [-0.05, 0) is 39.4 Å². The van der Waals surface area contributed by atoms with Crippen LogP contribution in [-0.4, -0.2) is 30.6 Å². The lowest BCUT2D eigenvalue weighted by Gasteiger charge is -2.17. The Kier molecular flexibility index (Phi) is 6.57. The predicted molar refractivity (Wildman–Crippen MR) is 48.6 cm³/mol. The van der Waals surface area contributed by atoms with Crippen molar-refractivity contribution in [1.29, 1.82) is 0 Å². The second-order valence-electron chi connectivity index (χ2n) is 3.02. The van der Waals surface area contributed by atoms with Crippen molar-refractivity contribution in [2.75, 3.05) is 19.6 Å². The molecule has 0 bridgehead atoms. The van der Waals surface area contributed by atoms with Gasteiger partial charge in [-0.25, -0.2) is 0 Å². The molecule has 0 saturated carbocycles. The second kappa shape index (κ2) is 6.62. The molecule has 0 amide bonds. The van der Waals surface area contributed by atoms with E-state index in [9.17, 15) is 0 Å². The molecule has 0 aliphatic carbocycles. The average molecular weight is 156 g/mol. The van der Waals surface area contributed by atoms with Crippen LogP contribution in [0.15, 0.2) is 0 Å². The standard InChI is InChI=1S/C9H20N2/c1-4-11(5-2)8-6-7-9(3)10/h9H,4-8H2,1-3H3. The molecule has 0 aliphatic heterocycles. The number of hydrogen-bond donors (Lipinski definition) is 0. The summed E-state index contributed by atoms with van der Waals surface area (Å²) in [5, 5.41) is 0. The molecule has 0 aromatic carbocycles. The van der Waals surface area contributed by atoms with Crippen molar-refractivity contribution in [2.45, 2.75) is 39.7 Å². The van der Waals surface area contributed by atoms with Crippen molar-refractivity contribution in [3.8, 4) is 0 Å². The minimum absolute atomic E-state index is 0.134. The first-order chi connectivity index (χ1) is 5.20. The van der Waals surface area contributed by atoms with Crippen LogP contribution in [0.3, 0.4) is 0 Å². The van der Waals surface area contributed by atoms with Gasteiger partial charge in [-0.2, -0.15) is 0 Å². The zero-order valence-electron chi connectivity index (χ0n) is 8.01. The van der Waals surface area contributed by atoms with Crippen LogP contribution in [0, 0.1) is 0 Å². The van der Waals surface area contributed by atoms with Gasteiger partial charge in [0.1, 0.15) is 0 Å². The monoisotopic (exact) mass is 156 g/mol. The molecule has 0 rings (SSSR count). The van der Waals surface area contributed by atoms with Crippen LogP contribution in [0.4, 0.5) is 0 Å². The van der Waals surface area contributed by atoms with Gasteiger partial charge in [0.25, 0.3) is 0 Å². The lowest BCUT2D eigenvalue weighted by atomic mass is 10.2. The van der Waals surface area contributed by atoms with Crippen molar-refractivity contribution >= 4 is 0 Å². The molecule has 2 nitrogen and oxygen atoms in total. The Morgan fingerprint density at radius 2 is 1.82 bits per heavy atom. The smallest absolute Gasteiger partial charge is 0.0405 e. The summed E-state index contributed by atoms with van der Waals surface area (Å²) in [6, 6.07) is -0.134. The van der Waals surface area contributed by atoms with E-state index >= 15 is 0 Å². The fourth-order valence-corrected chi connectivity index (χ4v) is 1.15. The lowest BCUT2D eigenvalue weighted by Crippen LogP contribution is -2.24. The zero-order chi connectivity index (χ0) is 8.69. The van der Waals surface area contributed by atoms with Crippen LogP contribution in [0.5, 0.6) is 0 Å². The highest BCUT2D eigenvalue weighted by atomic mass is 15.1. The van der Waals surface area contributed by atoms with Gasteiger partial charge < -0.3 is 4.90 Å². The fraction of sp³-hybridized carbons (Fsp3) is 1.00. The van der Waals surface area contributed by atoms with E-state index in [0.717, 1.165) is 32.5 Å². The SMILES string of the molecule is CCN(CC)CCCC(C)[N]. The van der Waals surface area contributed by atoms with E-state index in [1.165, 1.54) is 0 Å². The Morgan fingerprint density at radius 1 is 1.27 bits per heavy atom. The van der Waals surface area contributed by atoms with Crippen LogP contribution < -0.4 is 5.73 Å². The molecule has 0 heterocycles. The number of nitrogens with zero attached hydrogens (tertiary/aromatic N) is 2. The van der Waals surface area contributed by atoms with Crippen LogP contribution in [0.25, 0.3) is 0 Å². The molecule has 2 radical (unpaired) electrons. The quantitative estimate of drug-likeness (QED) is 0.573. The molecular weight excluding hydrogens is 136 g/mol. The van der Waals surface area contributed by atoms with Gasteiger partial charge in [-0.1, -0.05) is 13.8 Å². The first-order valence-corrected chi connectivity index (χ1v) is 4.61. The number of rotatable bonds is 6. The lowest BCUT2D eigenvalue weighted by molar-refractivity contribution is 0.293. The first kappa shape index (κ1) is 10.9. The van der Waals surface area contributed by atoms with E-state index in [1.54, 1.807) is 0 Å². The molecule has 2 heteroatoms. The van der Waals surface area contributed by atoms with Gasteiger partial charge in [0.15, 0.2) is 0 Å². The van der Waals surface area contributed by atoms with Gasteiger partial charge in [0.05, 0.1) is 0 Å². The molecular formula is C9H20N2. The van der Waals surface area contributed by atoms with E-state index in [4.69, 9.17) is 5.73 Å². The van der Waals surface area contributed by atoms with E-state index in [2.05, 4.69) is 18.7 Å². The summed E-state index contributed by atoms with van der Waals surface area (Å²) < 4.78 is 0. The summed E-state index contributed by atoms with van der Waals surface area (Å²) in [5.41, 5.74) is 8.99. The highest BCUT2D eigenvalue weighted by Crippen LogP contribution is 1.97. The van der Waals surface area contributed by atoms with Crippen molar-refractivity contribution < 1.29 is 0 Å². The Bertz CT molecular complexity index is 77.6. The Hall–Kier alpha value is -0.0800. The molecule has 0 spiro atoms. The van der Waals surface area contributed by atoms with Gasteiger partial charge >= 0.3 is 0 Å². The number of hydrogen-bond acceptors (Lipinski definition) is 1. The maximum absolute atomic E-state index is 8.99. The van der Waals surface area contributed by atoms with E-state index < -0.39 is 0 Å². The topological polar surface area (TPSA) is 25.5 Å². The summed E-state index contributed by atoms with van der Waals surface area (Å²) in [6.07, 6.45) is 2.04. The average Bonchev–Trinajstić information content (AvgIpc) is 1.98. The van der Waals surface area contributed by atoms with Gasteiger partial charge in [0.2, 0.25) is 0 Å². The third-order valence-corrected chi connectivity index (χ3v) is 1.99. The maximum atomic E-state index is 8.99. The van der Waals surface area contributed by atoms with Crippen molar-refractivity contribution in [3.05, 3.63) is 0 Å². The van der Waals surface area contributed by atoms with E-state index in [0.29, 0.717) is 0 Å². The van der Waals surface area contributed by atoms with Gasteiger partial charge in [-0.3, -0.25) is 0 Å². The minimum atomic E-state index is -0.134. The molecule has 11 heavy (non-hydrogen) atoms. The summed E-state index contributed by atoms with van der Waals surface area (Å²) in [5.74, 6) is 0. The van der Waals surface area contributed by atoms with Crippen LogP contribution in [0.1, 0.15) is 33.6 Å². The molecule has 1 atom stereocenters. The van der Waals surface area contributed by atoms with Crippen molar-refractivity contribution in [3.63, 3.8) is 0 Å². The summed E-state index contributed by atoms with van der Waals surface area (Å²) in [4.78, 5) is 2.38. The Morgan fingerprint density at radius 3 is 2.18 bits per heavy atom. The summed E-state index contributed by atoms with van der Waals surface area (Å²) in [6.45, 7) is 9.56. The van der Waals surface area contributed by atoms with E-state index in [-0.39, 0.29) is 6.04 Å². The second-order valence-corrected chi connectivity index (χ2v) is 3.02. The van der Waals surface area contributed by atoms with Crippen LogP contribution in [-0.2, 0) is 0 Å². The highest BCUT2D eigenvalue weighted by molar-refractivity contribution is 4.56.